The molecule has 0 radical (unpaired) electrons. The quantitative estimate of drug-likeness (QED) is 0.615. The lowest BCUT2D eigenvalue weighted by Gasteiger charge is -2.26. The van der Waals surface area contributed by atoms with Gasteiger partial charge in [-0.1, -0.05) is 18.2 Å². The Labute approximate surface area is 103 Å². The number of allylic oxidation sites excluding steroid dienone is 1. The van der Waals surface area contributed by atoms with E-state index in [0.717, 1.165) is 19.4 Å². The Balaban J connectivity index is 2.01. The number of nitrogens with one attached hydrogen (secondary N) is 1. The number of aryl methyl sites for hydroxylation is 1. The van der Waals surface area contributed by atoms with Crippen molar-refractivity contribution in [1.29, 1.82) is 0 Å². The highest BCUT2D eigenvalue weighted by Gasteiger charge is 2.19. The van der Waals surface area contributed by atoms with E-state index in [2.05, 4.69) is 30.5 Å². The molecule has 92 valence electrons. The van der Waals surface area contributed by atoms with Gasteiger partial charge in [-0.2, -0.15) is 0 Å². The van der Waals surface area contributed by atoms with Crippen LogP contribution in [0.3, 0.4) is 0 Å². The highest BCUT2D eigenvalue weighted by atomic mass is 16.3. The molecule has 1 aliphatic carbocycles. The first-order valence-corrected chi connectivity index (χ1v) is 6.47. The minimum atomic E-state index is 0.387. The van der Waals surface area contributed by atoms with Crippen LogP contribution in [0, 0.1) is 0 Å². The van der Waals surface area contributed by atoms with Crippen LogP contribution in [0.2, 0.25) is 0 Å². The van der Waals surface area contributed by atoms with E-state index < -0.39 is 0 Å². The molecular weight excluding hydrogens is 210 g/mol. The fraction of sp³-hybridized carbons (Fsp3) is 0.467. The topological polar surface area (TPSA) is 32.3 Å². The van der Waals surface area contributed by atoms with Crippen LogP contribution in [-0.2, 0) is 6.42 Å². The number of fused-ring (bicyclic) bond motifs is 1. The lowest BCUT2D eigenvalue weighted by Crippen LogP contribution is -2.25. The Morgan fingerprint density at radius 2 is 2.35 bits per heavy atom. The molecule has 2 N–H and O–H groups in total. The second kappa shape index (κ2) is 5.87. The molecule has 1 unspecified atom stereocenters. The molecule has 1 aromatic carbocycles. The summed E-state index contributed by atoms with van der Waals surface area (Å²) in [5.74, 6) is 0.387. The van der Waals surface area contributed by atoms with E-state index in [1.165, 1.54) is 24.0 Å². The van der Waals surface area contributed by atoms with Crippen molar-refractivity contribution >= 4 is 0 Å². The maximum Gasteiger partial charge on any atom is 0.115 e. The van der Waals surface area contributed by atoms with Crippen LogP contribution in [0.5, 0.6) is 5.75 Å². The number of hydrogen-bond acceptors (Lipinski definition) is 2. The van der Waals surface area contributed by atoms with Gasteiger partial charge in [0.25, 0.3) is 0 Å². The van der Waals surface area contributed by atoms with Crippen molar-refractivity contribution in [2.75, 3.05) is 6.54 Å². The molecule has 0 heterocycles. The van der Waals surface area contributed by atoms with Crippen LogP contribution in [0.15, 0.2) is 30.4 Å². The standard InChI is InChI=1S/C15H21NO/c1-2-3-4-10-16-15-7-5-6-12-11-13(17)8-9-14(12)15/h2-3,8-9,11,15-17H,4-7,10H2,1H3/b3-2+. The summed E-state index contributed by atoms with van der Waals surface area (Å²) in [6.07, 6.45) is 8.87. The van der Waals surface area contributed by atoms with Gasteiger partial charge in [0.1, 0.15) is 5.75 Å². The minimum Gasteiger partial charge on any atom is -0.508 e. The maximum atomic E-state index is 9.49. The average molecular weight is 231 g/mol. The lowest BCUT2D eigenvalue weighted by atomic mass is 9.87. The van der Waals surface area contributed by atoms with Crippen molar-refractivity contribution in [2.24, 2.45) is 0 Å². The summed E-state index contributed by atoms with van der Waals surface area (Å²) in [5.41, 5.74) is 2.68. The first kappa shape index (κ1) is 12.2. The highest BCUT2D eigenvalue weighted by Crippen LogP contribution is 2.31. The zero-order chi connectivity index (χ0) is 12.1. The van der Waals surface area contributed by atoms with Gasteiger partial charge in [0.05, 0.1) is 0 Å². The molecule has 2 heteroatoms. The van der Waals surface area contributed by atoms with Crippen molar-refractivity contribution in [3.05, 3.63) is 41.5 Å². The molecule has 0 aromatic heterocycles. The number of rotatable bonds is 4. The average Bonchev–Trinajstić information content (AvgIpc) is 2.34. The largest absolute Gasteiger partial charge is 0.508 e. The molecular formula is C15H21NO. The number of benzene rings is 1. The maximum absolute atomic E-state index is 9.49. The van der Waals surface area contributed by atoms with Crippen molar-refractivity contribution < 1.29 is 5.11 Å². The monoisotopic (exact) mass is 231 g/mol. The second-order valence-electron chi connectivity index (χ2n) is 4.64. The van der Waals surface area contributed by atoms with E-state index in [-0.39, 0.29) is 0 Å². The molecule has 0 fully saturated rings. The van der Waals surface area contributed by atoms with Gasteiger partial charge >= 0.3 is 0 Å². The van der Waals surface area contributed by atoms with E-state index >= 15 is 0 Å². The first-order chi connectivity index (χ1) is 8.31. The Kier molecular flexibility index (Phi) is 4.21. The number of aromatic hydroxyl groups is 1. The van der Waals surface area contributed by atoms with Crippen molar-refractivity contribution in [3.63, 3.8) is 0 Å². The Hall–Kier alpha value is -1.28. The molecule has 0 aliphatic heterocycles. The minimum absolute atomic E-state index is 0.387. The molecule has 1 aliphatic rings. The smallest absolute Gasteiger partial charge is 0.115 e. The van der Waals surface area contributed by atoms with E-state index in [1.54, 1.807) is 6.07 Å². The van der Waals surface area contributed by atoms with Crippen LogP contribution >= 0.6 is 0 Å². The number of hydrogen-bond donors (Lipinski definition) is 2. The lowest BCUT2D eigenvalue weighted by molar-refractivity contribution is 0.453. The van der Waals surface area contributed by atoms with E-state index in [9.17, 15) is 5.11 Å². The second-order valence-corrected chi connectivity index (χ2v) is 4.64. The molecule has 2 nitrogen and oxygen atoms in total. The molecule has 17 heavy (non-hydrogen) atoms. The van der Waals surface area contributed by atoms with Gasteiger partial charge in [0, 0.05) is 6.04 Å². The summed E-state index contributed by atoms with van der Waals surface area (Å²) in [7, 11) is 0. The summed E-state index contributed by atoms with van der Waals surface area (Å²) < 4.78 is 0. The summed E-state index contributed by atoms with van der Waals surface area (Å²) in [6.45, 7) is 3.08. The first-order valence-electron chi connectivity index (χ1n) is 6.47. The fourth-order valence-corrected chi connectivity index (χ4v) is 2.52. The van der Waals surface area contributed by atoms with Gasteiger partial charge in [-0.3, -0.25) is 0 Å². The molecule has 0 saturated carbocycles. The molecule has 0 bridgehead atoms. The van der Waals surface area contributed by atoms with Gasteiger partial charge in [-0.25, -0.2) is 0 Å². The van der Waals surface area contributed by atoms with Gasteiger partial charge < -0.3 is 10.4 Å². The predicted octanol–water partition coefficient (Wildman–Crippen LogP) is 3.33. The zero-order valence-corrected chi connectivity index (χ0v) is 10.4. The van der Waals surface area contributed by atoms with Crippen LogP contribution in [0.4, 0.5) is 0 Å². The summed E-state index contributed by atoms with van der Waals surface area (Å²) >= 11 is 0. The number of phenolic OH excluding ortho intramolecular Hbond substituents is 1. The van der Waals surface area contributed by atoms with E-state index in [0.29, 0.717) is 11.8 Å². The van der Waals surface area contributed by atoms with Crippen molar-refractivity contribution in [2.45, 2.75) is 38.6 Å². The Morgan fingerprint density at radius 3 is 3.18 bits per heavy atom. The third kappa shape index (κ3) is 3.10. The Morgan fingerprint density at radius 1 is 1.47 bits per heavy atom. The predicted molar refractivity (Wildman–Crippen MR) is 71.2 cm³/mol. The van der Waals surface area contributed by atoms with Crippen LogP contribution in [0.1, 0.15) is 43.4 Å². The molecule has 1 atom stereocenters. The van der Waals surface area contributed by atoms with Gasteiger partial charge in [-0.05, 0) is 62.4 Å². The van der Waals surface area contributed by atoms with E-state index in [1.807, 2.05) is 6.07 Å². The fourth-order valence-electron chi connectivity index (χ4n) is 2.52. The number of phenols is 1. The highest BCUT2D eigenvalue weighted by molar-refractivity contribution is 5.38. The third-order valence-corrected chi connectivity index (χ3v) is 3.38. The van der Waals surface area contributed by atoms with Crippen molar-refractivity contribution in [1.82, 2.24) is 5.32 Å². The van der Waals surface area contributed by atoms with Crippen LogP contribution < -0.4 is 5.32 Å². The summed E-state index contributed by atoms with van der Waals surface area (Å²) in [6, 6.07) is 6.24. The molecule has 0 saturated heterocycles. The Bertz CT molecular complexity index is 398. The third-order valence-electron chi connectivity index (χ3n) is 3.38. The molecule has 0 spiro atoms. The van der Waals surface area contributed by atoms with Gasteiger partial charge in [0.15, 0.2) is 0 Å². The molecule has 2 rings (SSSR count). The van der Waals surface area contributed by atoms with E-state index in [4.69, 9.17) is 0 Å². The normalized spacial score (nSPS) is 19.5. The zero-order valence-electron chi connectivity index (χ0n) is 10.4. The summed E-state index contributed by atoms with van der Waals surface area (Å²) in [5, 5.41) is 13.1. The van der Waals surface area contributed by atoms with Gasteiger partial charge in [0.2, 0.25) is 0 Å². The summed E-state index contributed by atoms with van der Waals surface area (Å²) in [4.78, 5) is 0. The van der Waals surface area contributed by atoms with Crippen molar-refractivity contribution in [3.8, 4) is 5.75 Å². The van der Waals surface area contributed by atoms with Crippen LogP contribution in [0.25, 0.3) is 0 Å². The SMILES string of the molecule is C/C=C/CCNC1CCCc2cc(O)ccc21. The molecule has 1 aromatic rings. The molecule has 0 amide bonds. The van der Waals surface area contributed by atoms with Gasteiger partial charge in [-0.15, -0.1) is 0 Å². The van der Waals surface area contributed by atoms with Crippen LogP contribution in [-0.4, -0.2) is 11.7 Å².